The van der Waals surface area contributed by atoms with E-state index in [1.807, 2.05) is 0 Å². The number of pyridine rings is 1. The molecule has 14 heavy (non-hydrogen) atoms. The van der Waals surface area contributed by atoms with Crippen molar-refractivity contribution in [3.63, 3.8) is 0 Å². The van der Waals surface area contributed by atoms with Crippen LogP contribution in [0.25, 0.3) is 0 Å². The van der Waals surface area contributed by atoms with Crippen molar-refractivity contribution in [2.75, 3.05) is 19.8 Å². The second-order valence-corrected chi connectivity index (χ2v) is 3.22. The molecule has 0 aliphatic heterocycles. The minimum Gasteiger partial charge on any atom is -0.378 e. The minimum absolute atomic E-state index is 0.0780. The van der Waals surface area contributed by atoms with Crippen LogP contribution in [0, 0.1) is 0 Å². The van der Waals surface area contributed by atoms with Crippen molar-refractivity contribution in [2.24, 2.45) is 5.73 Å². The molecule has 0 radical (unpaired) electrons. The second-order valence-electron chi connectivity index (χ2n) is 2.78. The average Bonchev–Trinajstić information content (AvgIpc) is 2.18. The van der Waals surface area contributed by atoms with Crippen LogP contribution in [0.4, 0.5) is 0 Å². The Morgan fingerprint density at radius 3 is 2.93 bits per heavy atom. The van der Waals surface area contributed by atoms with Gasteiger partial charge >= 0.3 is 0 Å². The molecule has 0 saturated carbocycles. The van der Waals surface area contributed by atoms with Crippen LogP contribution in [0.15, 0.2) is 23.1 Å². The molecule has 4 nitrogen and oxygen atoms in total. The number of nitrogens with two attached hydrogens (primary N) is 1. The Balaban J connectivity index is 2.49. The van der Waals surface area contributed by atoms with Crippen LogP contribution in [-0.2, 0) is 11.3 Å². The van der Waals surface area contributed by atoms with Crippen LogP contribution in [-0.4, -0.2) is 24.3 Å². The predicted octanol–water partition coefficient (Wildman–Crippen LogP) is 0.477. The first-order chi connectivity index (χ1) is 6.74. The third-order valence-corrected chi connectivity index (χ3v) is 1.91. The zero-order valence-corrected chi connectivity index (χ0v) is 8.54. The van der Waals surface area contributed by atoms with E-state index in [1.165, 1.54) is 10.6 Å². The maximum atomic E-state index is 11.3. The van der Waals surface area contributed by atoms with Crippen LogP contribution >= 0.6 is 11.6 Å². The monoisotopic (exact) mass is 216 g/mol. The van der Waals surface area contributed by atoms with Gasteiger partial charge in [-0.2, -0.15) is 0 Å². The van der Waals surface area contributed by atoms with Gasteiger partial charge < -0.3 is 15.0 Å². The summed E-state index contributed by atoms with van der Waals surface area (Å²) in [7, 11) is 0. The maximum Gasteiger partial charge on any atom is 0.250 e. The molecule has 2 N–H and O–H groups in total. The molecule has 0 fully saturated rings. The summed E-state index contributed by atoms with van der Waals surface area (Å²) in [6.07, 6.45) is 1.59. The molecule has 1 aromatic heterocycles. The first-order valence-electron chi connectivity index (χ1n) is 4.38. The van der Waals surface area contributed by atoms with E-state index in [9.17, 15) is 4.79 Å². The topological polar surface area (TPSA) is 57.2 Å². The number of halogens is 1. The number of nitrogens with zero attached hydrogens (tertiary/aromatic N) is 1. The molecule has 0 unspecified atom stereocenters. The largest absolute Gasteiger partial charge is 0.378 e. The highest BCUT2D eigenvalue weighted by Crippen LogP contribution is 2.02. The molecule has 5 heteroatoms. The third kappa shape index (κ3) is 3.49. The van der Waals surface area contributed by atoms with E-state index in [0.717, 1.165) is 0 Å². The molecule has 1 aromatic rings. The quantitative estimate of drug-likeness (QED) is 0.729. The van der Waals surface area contributed by atoms with Crippen LogP contribution < -0.4 is 11.3 Å². The standard InChI is InChI=1S/C9H13ClN2O2/c10-8-1-2-9(13)12(7-8)4-6-14-5-3-11/h1-2,7H,3-6,11H2. The van der Waals surface area contributed by atoms with Gasteiger partial charge in [0.05, 0.1) is 18.2 Å². The molecule has 0 spiro atoms. The number of hydrogen-bond acceptors (Lipinski definition) is 3. The molecule has 1 rings (SSSR count). The van der Waals surface area contributed by atoms with Crippen LogP contribution in [0.1, 0.15) is 0 Å². The van der Waals surface area contributed by atoms with Crippen LogP contribution in [0.2, 0.25) is 5.02 Å². The minimum atomic E-state index is -0.0780. The van der Waals surface area contributed by atoms with E-state index in [2.05, 4.69) is 0 Å². The van der Waals surface area contributed by atoms with Crippen LogP contribution in [0.3, 0.4) is 0 Å². The smallest absolute Gasteiger partial charge is 0.250 e. The van der Waals surface area contributed by atoms with E-state index >= 15 is 0 Å². The Morgan fingerprint density at radius 1 is 1.43 bits per heavy atom. The Kier molecular flexibility index (Phi) is 4.65. The lowest BCUT2D eigenvalue weighted by atomic mass is 10.4. The molecular weight excluding hydrogens is 204 g/mol. The molecule has 0 bridgehead atoms. The highest BCUT2D eigenvalue weighted by Gasteiger charge is 1.96. The molecule has 0 saturated heterocycles. The highest BCUT2D eigenvalue weighted by atomic mass is 35.5. The number of aromatic nitrogens is 1. The fourth-order valence-electron chi connectivity index (χ4n) is 1.03. The van der Waals surface area contributed by atoms with E-state index in [1.54, 1.807) is 12.3 Å². The Bertz CT molecular complexity index is 338. The third-order valence-electron chi connectivity index (χ3n) is 1.69. The van der Waals surface area contributed by atoms with Crippen molar-refractivity contribution < 1.29 is 4.74 Å². The zero-order chi connectivity index (χ0) is 10.4. The number of rotatable bonds is 5. The number of ether oxygens (including phenoxy) is 1. The molecular formula is C9H13ClN2O2. The second kappa shape index (κ2) is 5.80. The summed E-state index contributed by atoms with van der Waals surface area (Å²) in [6.45, 7) is 1.97. The van der Waals surface area contributed by atoms with Crippen LogP contribution in [0.5, 0.6) is 0 Å². The summed E-state index contributed by atoms with van der Waals surface area (Å²) in [6, 6.07) is 3.01. The zero-order valence-electron chi connectivity index (χ0n) is 7.78. The van der Waals surface area contributed by atoms with Gasteiger partial charge in [-0.05, 0) is 6.07 Å². The SMILES string of the molecule is NCCOCCn1cc(Cl)ccc1=O. The van der Waals surface area contributed by atoms with Gasteiger partial charge in [-0.25, -0.2) is 0 Å². The molecule has 0 aliphatic rings. The first-order valence-corrected chi connectivity index (χ1v) is 4.75. The fraction of sp³-hybridized carbons (Fsp3) is 0.444. The lowest BCUT2D eigenvalue weighted by molar-refractivity contribution is 0.132. The fourth-order valence-corrected chi connectivity index (χ4v) is 1.21. The summed E-state index contributed by atoms with van der Waals surface area (Å²) >= 11 is 5.74. The van der Waals surface area contributed by atoms with Crippen molar-refractivity contribution in [1.82, 2.24) is 4.57 Å². The van der Waals surface area contributed by atoms with Gasteiger partial charge in [-0.15, -0.1) is 0 Å². The van der Waals surface area contributed by atoms with E-state index in [0.29, 0.717) is 31.3 Å². The van der Waals surface area contributed by atoms with Crippen molar-refractivity contribution in [1.29, 1.82) is 0 Å². The van der Waals surface area contributed by atoms with Crippen molar-refractivity contribution in [2.45, 2.75) is 6.54 Å². The normalized spacial score (nSPS) is 10.4. The summed E-state index contributed by atoms with van der Waals surface area (Å²) < 4.78 is 6.67. The van der Waals surface area contributed by atoms with Gasteiger partial charge in [0.25, 0.3) is 5.56 Å². The molecule has 0 atom stereocenters. The number of hydrogen-bond donors (Lipinski definition) is 1. The lowest BCUT2D eigenvalue weighted by Gasteiger charge is -2.05. The van der Waals surface area contributed by atoms with E-state index in [-0.39, 0.29) is 5.56 Å². The predicted molar refractivity (Wildman–Crippen MR) is 55.6 cm³/mol. The Labute approximate surface area is 87.2 Å². The van der Waals surface area contributed by atoms with Gasteiger partial charge in [0.15, 0.2) is 0 Å². The lowest BCUT2D eigenvalue weighted by Crippen LogP contribution is -2.21. The van der Waals surface area contributed by atoms with Crippen molar-refractivity contribution >= 4 is 11.6 Å². The van der Waals surface area contributed by atoms with Gasteiger partial charge in [0, 0.05) is 25.4 Å². The van der Waals surface area contributed by atoms with Crippen molar-refractivity contribution in [3.8, 4) is 0 Å². The molecule has 78 valence electrons. The molecule has 1 heterocycles. The maximum absolute atomic E-state index is 11.3. The Hall–Kier alpha value is -0.840. The van der Waals surface area contributed by atoms with Gasteiger partial charge in [-0.3, -0.25) is 4.79 Å². The first kappa shape index (κ1) is 11.2. The summed E-state index contributed by atoms with van der Waals surface area (Å²) in [5.41, 5.74) is 5.17. The van der Waals surface area contributed by atoms with E-state index in [4.69, 9.17) is 22.1 Å². The molecule has 0 aliphatic carbocycles. The van der Waals surface area contributed by atoms with Crippen molar-refractivity contribution in [3.05, 3.63) is 33.7 Å². The summed E-state index contributed by atoms with van der Waals surface area (Å²) in [5, 5.41) is 0.545. The molecule has 0 aromatic carbocycles. The Morgan fingerprint density at radius 2 is 2.21 bits per heavy atom. The van der Waals surface area contributed by atoms with Gasteiger partial charge in [-0.1, -0.05) is 11.6 Å². The summed E-state index contributed by atoms with van der Waals surface area (Å²) in [5.74, 6) is 0. The van der Waals surface area contributed by atoms with Gasteiger partial charge in [0.1, 0.15) is 0 Å². The van der Waals surface area contributed by atoms with E-state index < -0.39 is 0 Å². The highest BCUT2D eigenvalue weighted by molar-refractivity contribution is 6.30. The average molecular weight is 217 g/mol. The summed E-state index contributed by atoms with van der Waals surface area (Å²) in [4.78, 5) is 11.3. The molecule has 0 amide bonds. The van der Waals surface area contributed by atoms with Gasteiger partial charge in [0.2, 0.25) is 0 Å².